The average Bonchev–Trinajstić information content (AvgIpc) is 2.75. The molecule has 2 aromatic rings. The van der Waals surface area contributed by atoms with Gasteiger partial charge in [-0.25, -0.2) is 0 Å². The summed E-state index contributed by atoms with van der Waals surface area (Å²) < 4.78 is 6.73. The van der Waals surface area contributed by atoms with Crippen molar-refractivity contribution in [1.82, 2.24) is 9.78 Å². The van der Waals surface area contributed by atoms with Gasteiger partial charge in [-0.05, 0) is 17.7 Å². The van der Waals surface area contributed by atoms with Gasteiger partial charge in [0.1, 0.15) is 11.9 Å². The van der Waals surface area contributed by atoms with E-state index in [0.29, 0.717) is 0 Å². The van der Waals surface area contributed by atoms with E-state index in [2.05, 4.69) is 5.10 Å². The first kappa shape index (κ1) is 10.7. The molecule has 1 atom stereocenters. The summed E-state index contributed by atoms with van der Waals surface area (Å²) in [6.07, 6.45) is 2.82. The van der Waals surface area contributed by atoms with Gasteiger partial charge in [-0.3, -0.25) is 4.68 Å². The zero-order valence-corrected chi connectivity index (χ0v) is 9.29. The second-order valence-electron chi connectivity index (χ2n) is 3.62. The maximum atomic E-state index is 10.1. The standard InChI is InChI=1S/C12H14N2O2/c1-14-8-10(7-13-14)12(15)9-3-5-11(16-2)6-4-9/h3-8,12,15H,1-2H3. The van der Waals surface area contributed by atoms with Crippen LogP contribution in [0.1, 0.15) is 17.2 Å². The Hall–Kier alpha value is -1.81. The van der Waals surface area contributed by atoms with E-state index in [4.69, 9.17) is 4.74 Å². The van der Waals surface area contributed by atoms with Gasteiger partial charge in [-0.2, -0.15) is 5.10 Å². The van der Waals surface area contributed by atoms with Crippen molar-refractivity contribution in [3.63, 3.8) is 0 Å². The lowest BCUT2D eigenvalue weighted by atomic mass is 10.0. The molecule has 0 fully saturated rings. The molecule has 0 aliphatic rings. The van der Waals surface area contributed by atoms with Crippen molar-refractivity contribution in [3.8, 4) is 5.75 Å². The first-order valence-electron chi connectivity index (χ1n) is 5.01. The molecule has 1 unspecified atom stereocenters. The minimum absolute atomic E-state index is 0.639. The molecule has 0 spiro atoms. The van der Waals surface area contributed by atoms with Gasteiger partial charge in [0, 0.05) is 18.8 Å². The molecule has 0 saturated carbocycles. The van der Waals surface area contributed by atoms with Crippen LogP contribution in [0.2, 0.25) is 0 Å². The Morgan fingerprint density at radius 3 is 2.44 bits per heavy atom. The number of aliphatic hydroxyl groups is 1. The lowest BCUT2D eigenvalue weighted by Crippen LogP contribution is -1.98. The van der Waals surface area contributed by atoms with Crippen LogP contribution in [0, 0.1) is 0 Å². The molecule has 1 N–H and O–H groups in total. The number of benzene rings is 1. The molecule has 84 valence electrons. The maximum Gasteiger partial charge on any atom is 0.118 e. The number of methoxy groups -OCH3 is 1. The van der Waals surface area contributed by atoms with Gasteiger partial charge >= 0.3 is 0 Å². The predicted octanol–water partition coefficient (Wildman–Crippen LogP) is 1.51. The second-order valence-corrected chi connectivity index (χ2v) is 3.62. The van der Waals surface area contributed by atoms with E-state index in [0.717, 1.165) is 16.9 Å². The number of aliphatic hydroxyl groups excluding tert-OH is 1. The Labute approximate surface area is 94.1 Å². The quantitative estimate of drug-likeness (QED) is 0.849. The van der Waals surface area contributed by atoms with Crippen molar-refractivity contribution in [1.29, 1.82) is 0 Å². The van der Waals surface area contributed by atoms with Crippen LogP contribution in [0.25, 0.3) is 0 Å². The van der Waals surface area contributed by atoms with E-state index in [9.17, 15) is 5.11 Å². The zero-order valence-electron chi connectivity index (χ0n) is 9.29. The third-order valence-electron chi connectivity index (χ3n) is 2.47. The Balaban J connectivity index is 2.23. The summed E-state index contributed by atoms with van der Waals surface area (Å²) in [4.78, 5) is 0. The summed E-state index contributed by atoms with van der Waals surface area (Å²) in [6, 6.07) is 7.34. The minimum Gasteiger partial charge on any atom is -0.497 e. The smallest absolute Gasteiger partial charge is 0.118 e. The van der Waals surface area contributed by atoms with Crippen LogP contribution in [0.3, 0.4) is 0 Å². The normalized spacial score (nSPS) is 12.4. The molecule has 0 amide bonds. The van der Waals surface area contributed by atoms with Gasteiger partial charge in [0.25, 0.3) is 0 Å². The van der Waals surface area contributed by atoms with E-state index in [1.165, 1.54) is 0 Å². The molecular weight excluding hydrogens is 204 g/mol. The molecule has 1 aromatic carbocycles. The second kappa shape index (κ2) is 4.37. The van der Waals surface area contributed by atoms with Crippen LogP contribution in [-0.4, -0.2) is 22.0 Å². The molecule has 0 radical (unpaired) electrons. The van der Waals surface area contributed by atoms with Crippen LogP contribution < -0.4 is 4.74 Å². The molecule has 0 aliphatic heterocycles. The first-order valence-corrected chi connectivity index (χ1v) is 5.01. The largest absolute Gasteiger partial charge is 0.497 e. The Morgan fingerprint density at radius 1 is 1.25 bits per heavy atom. The van der Waals surface area contributed by atoms with Gasteiger partial charge in [0.05, 0.1) is 13.3 Å². The third kappa shape index (κ3) is 2.06. The van der Waals surface area contributed by atoms with Crippen molar-refractivity contribution in [2.45, 2.75) is 6.10 Å². The SMILES string of the molecule is COc1ccc(C(O)c2cnn(C)c2)cc1. The number of rotatable bonds is 3. The highest BCUT2D eigenvalue weighted by molar-refractivity contribution is 5.32. The first-order chi connectivity index (χ1) is 7.70. The number of aromatic nitrogens is 2. The lowest BCUT2D eigenvalue weighted by Gasteiger charge is -2.09. The summed E-state index contributed by atoms with van der Waals surface area (Å²) in [6.45, 7) is 0. The predicted molar refractivity (Wildman–Crippen MR) is 60.3 cm³/mol. The summed E-state index contributed by atoms with van der Waals surface area (Å²) >= 11 is 0. The topological polar surface area (TPSA) is 47.3 Å². The van der Waals surface area contributed by atoms with Crippen molar-refractivity contribution >= 4 is 0 Å². The van der Waals surface area contributed by atoms with Gasteiger partial charge in [-0.15, -0.1) is 0 Å². The van der Waals surface area contributed by atoms with E-state index in [1.54, 1.807) is 24.2 Å². The molecule has 2 rings (SSSR count). The summed E-state index contributed by atoms with van der Waals surface area (Å²) in [5, 5.41) is 14.1. The number of ether oxygens (including phenoxy) is 1. The highest BCUT2D eigenvalue weighted by Crippen LogP contribution is 2.23. The van der Waals surface area contributed by atoms with Crippen molar-refractivity contribution in [2.24, 2.45) is 7.05 Å². The van der Waals surface area contributed by atoms with E-state index < -0.39 is 6.10 Å². The molecule has 16 heavy (non-hydrogen) atoms. The number of nitrogens with zero attached hydrogens (tertiary/aromatic N) is 2. The third-order valence-corrected chi connectivity index (χ3v) is 2.47. The molecular formula is C12H14N2O2. The van der Waals surface area contributed by atoms with Gasteiger partial charge in [-0.1, -0.05) is 12.1 Å². The molecule has 1 aromatic heterocycles. The molecule has 4 heteroatoms. The van der Waals surface area contributed by atoms with Crippen molar-refractivity contribution < 1.29 is 9.84 Å². The van der Waals surface area contributed by atoms with E-state index in [1.807, 2.05) is 31.3 Å². The van der Waals surface area contributed by atoms with Crippen molar-refractivity contribution in [2.75, 3.05) is 7.11 Å². The maximum absolute atomic E-state index is 10.1. The van der Waals surface area contributed by atoms with Crippen LogP contribution in [0.5, 0.6) is 5.75 Å². The van der Waals surface area contributed by atoms with Crippen LogP contribution in [0.4, 0.5) is 0 Å². The molecule has 0 saturated heterocycles. The highest BCUT2D eigenvalue weighted by Gasteiger charge is 2.11. The van der Waals surface area contributed by atoms with Crippen LogP contribution in [0.15, 0.2) is 36.7 Å². The summed E-state index contributed by atoms with van der Waals surface area (Å²) in [5.74, 6) is 0.780. The molecule has 0 aliphatic carbocycles. The Kier molecular flexibility index (Phi) is 2.92. The van der Waals surface area contributed by atoms with Gasteiger partial charge in [0.2, 0.25) is 0 Å². The van der Waals surface area contributed by atoms with Gasteiger partial charge < -0.3 is 9.84 Å². The van der Waals surface area contributed by atoms with E-state index >= 15 is 0 Å². The van der Waals surface area contributed by atoms with Crippen LogP contribution in [-0.2, 0) is 7.05 Å². The number of hydrogen-bond acceptors (Lipinski definition) is 3. The number of aryl methyl sites for hydroxylation is 1. The monoisotopic (exact) mass is 218 g/mol. The molecule has 1 heterocycles. The van der Waals surface area contributed by atoms with Gasteiger partial charge in [0.15, 0.2) is 0 Å². The zero-order chi connectivity index (χ0) is 11.5. The van der Waals surface area contributed by atoms with Crippen molar-refractivity contribution in [3.05, 3.63) is 47.8 Å². The fraction of sp³-hybridized carbons (Fsp3) is 0.250. The lowest BCUT2D eigenvalue weighted by molar-refractivity contribution is 0.220. The molecule has 4 nitrogen and oxygen atoms in total. The molecule has 0 bridgehead atoms. The fourth-order valence-electron chi connectivity index (χ4n) is 1.56. The highest BCUT2D eigenvalue weighted by atomic mass is 16.5. The summed E-state index contributed by atoms with van der Waals surface area (Å²) in [5.41, 5.74) is 1.61. The minimum atomic E-state index is -0.639. The Morgan fingerprint density at radius 2 is 1.94 bits per heavy atom. The average molecular weight is 218 g/mol. The summed E-state index contributed by atoms with van der Waals surface area (Å²) in [7, 11) is 3.44. The van der Waals surface area contributed by atoms with E-state index in [-0.39, 0.29) is 0 Å². The fourth-order valence-corrected chi connectivity index (χ4v) is 1.56. The Bertz CT molecular complexity index is 462. The van der Waals surface area contributed by atoms with Crippen LogP contribution >= 0.6 is 0 Å². The number of hydrogen-bond donors (Lipinski definition) is 1.